The van der Waals surface area contributed by atoms with Crippen molar-refractivity contribution in [3.8, 4) is 0 Å². The lowest BCUT2D eigenvalue weighted by atomic mass is 10.2. The molecule has 0 amide bonds. The van der Waals surface area contributed by atoms with E-state index in [2.05, 4.69) is 10.3 Å². The summed E-state index contributed by atoms with van der Waals surface area (Å²) in [6.45, 7) is 0. The van der Waals surface area contributed by atoms with Gasteiger partial charge in [-0.15, -0.1) is 11.6 Å². The van der Waals surface area contributed by atoms with Gasteiger partial charge in [0, 0.05) is 12.1 Å². The minimum absolute atomic E-state index is 0.158. The van der Waals surface area contributed by atoms with E-state index in [1.165, 1.54) is 6.07 Å². The SMILES string of the molecule is FC(F)(F)c1ccc(NC2(CCl)CC2)nc1. The molecule has 0 aromatic carbocycles. The molecule has 1 N–H and O–H groups in total. The summed E-state index contributed by atoms with van der Waals surface area (Å²) in [4.78, 5) is 3.73. The van der Waals surface area contributed by atoms with Gasteiger partial charge < -0.3 is 5.32 Å². The number of hydrogen-bond donors (Lipinski definition) is 1. The van der Waals surface area contributed by atoms with E-state index in [1.54, 1.807) is 0 Å². The number of hydrogen-bond acceptors (Lipinski definition) is 2. The first-order valence-corrected chi connectivity index (χ1v) is 5.36. The van der Waals surface area contributed by atoms with Gasteiger partial charge in [-0.05, 0) is 25.0 Å². The van der Waals surface area contributed by atoms with E-state index in [0.717, 1.165) is 25.1 Å². The molecule has 0 radical (unpaired) electrons. The van der Waals surface area contributed by atoms with Crippen LogP contribution in [0.15, 0.2) is 18.3 Å². The molecule has 16 heavy (non-hydrogen) atoms. The van der Waals surface area contributed by atoms with Crippen LogP contribution in [-0.4, -0.2) is 16.4 Å². The van der Waals surface area contributed by atoms with Gasteiger partial charge in [0.25, 0.3) is 0 Å². The van der Waals surface area contributed by atoms with Crippen molar-refractivity contribution in [3.63, 3.8) is 0 Å². The van der Waals surface area contributed by atoms with Crippen LogP contribution >= 0.6 is 11.6 Å². The van der Waals surface area contributed by atoms with Crippen molar-refractivity contribution in [1.29, 1.82) is 0 Å². The topological polar surface area (TPSA) is 24.9 Å². The van der Waals surface area contributed by atoms with Crippen LogP contribution in [0.3, 0.4) is 0 Å². The van der Waals surface area contributed by atoms with E-state index in [4.69, 9.17) is 11.6 Å². The molecule has 0 bridgehead atoms. The molecule has 2 nitrogen and oxygen atoms in total. The first kappa shape index (κ1) is 11.5. The third-order valence-corrected chi connectivity index (χ3v) is 3.10. The highest BCUT2D eigenvalue weighted by Gasteiger charge is 2.42. The molecule has 0 unspecified atom stereocenters. The molecule has 6 heteroatoms. The Labute approximate surface area is 95.8 Å². The Morgan fingerprint density at radius 3 is 2.44 bits per heavy atom. The fourth-order valence-corrected chi connectivity index (χ4v) is 1.68. The summed E-state index contributed by atoms with van der Waals surface area (Å²) in [5.74, 6) is 0.876. The predicted molar refractivity (Wildman–Crippen MR) is 55.5 cm³/mol. The standard InChI is InChI=1S/C10H10ClF3N2/c11-6-9(3-4-9)16-8-2-1-7(5-15-8)10(12,13)14/h1-2,5H,3-4,6H2,(H,15,16). The van der Waals surface area contributed by atoms with Gasteiger partial charge in [0.2, 0.25) is 0 Å². The summed E-state index contributed by atoms with van der Waals surface area (Å²) in [6, 6.07) is 2.34. The zero-order valence-corrected chi connectivity index (χ0v) is 9.07. The van der Waals surface area contributed by atoms with Crippen molar-refractivity contribution in [3.05, 3.63) is 23.9 Å². The zero-order chi connectivity index (χ0) is 11.8. The van der Waals surface area contributed by atoms with E-state index in [-0.39, 0.29) is 5.54 Å². The second kappa shape index (κ2) is 3.80. The largest absolute Gasteiger partial charge is 0.417 e. The Morgan fingerprint density at radius 2 is 2.06 bits per heavy atom. The van der Waals surface area contributed by atoms with Gasteiger partial charge in [-0.25, -0.2) is 4.98 Å². The van der Waals surface area contributed by atoms with Gasteiger partial charge in [0.05, 0.1) is 11.1 Å². The second-order valence-corrected chi connectivity index (χ2v) is 4.24. The lowest BCUT2D eigenvalue weighted by Gasteiger charge is -2.15. The molecule has 1 aromatic rings. The molecule has 0 aliphatic heterocycles. The van der Waals surface area contributed by atoms with Crippen molar-refractivity contribution in [1.82, 2.24) is 4.98 Å². The Kier molecular flexibility index (Phi) is 2.74. The van der Waals surface area contributed by atoms with E-state index >= 15 is 0 Å². The molecule has 1 aromatic heterocycles. The molecule has 0 spiro atoms. The highest BCUT2D eigenvalue weighted by atomic mass is 35.5. The number of rotatable bonds is 3. The predicted octanol–water partition coefficient (Wildman–Crippen LogP) is 3.28. The van der Waals surface area contributed by atoms with Crippen LogP contribution in [0.25, 0.3) is 0 Å². The minimum atomic E-state index is -4.34. The summed E-state index contributed by atoms with van der Waals surface area (Å²) in [5.41, 5.74) is -0.900. The van der Waals surface area contributed by atoms with Gasteiger partial charge in [-0.1, -0.05) is 0 Å². The Hall–Kier alpha value is -0.970. The van der Waals surface area contributed by atoms with Crippen molar-refractivity contribution in [2.45, 2.75) is 24.6 Å². The Bertz CT molecular complexity index is 371. The molecule has 1 saturated carbocycles. The van der Waals surface area contributed by atoms with Gasteiger partial charge in [0.15, 0.2) is 0 Å². The minimum Gasteiger partial charge on any atom is -0.363 e. The summed E-state index contributed by atoms with van der Waals surface area (Å²) in [6.07, 6.45) is -1.65. The third-order valence-electron chi connectivity index (χ3n) is 2.59. The number of halogens is 4. The smallest absolute Gasteiger partial charge is 0.363 e. The average molecular weight is 251 g/mol. The number of anilines is 1. The first-order chi connectivity index (χ1) is 7.45. The van der Waals surface area contributed by atoms with E-state index in [0.29, 0.717) is 11.7 Å². The number of aromatic nitrogens is 1. The molecule has 1 aliphatic carbocycles. The number of pyridine rings is 1. The maximum atomic E-state index is 12.3. The molecular formula is C10H10ClF3N2. The first-order valence-electron chi connectivity index (χ1n) is 4.83. The van der Waals surface area contributed by atoms with Crippen LogP contribution < -0.4 is 5.32 Å². The van der Waals surface area contributed by atoms with Crippen molar-refractivity contribution >= 4 is 17.4 Å². The van der Waals surface area contributed by atoms with Gasteiger partial charge in [0.1, 0.15) is 5.82 Å². The fraction of sp³-hybridized carbons (Fsp3) is 0.500. The number of nitrogens with one attached hydrogen (secondary N) is 1. The van der Waals surface area contributed by atoms with Crippen LogP contribution in [0.2, 0.25) is 0 Å². The van der Waals surface area contributed by atoms with E-state index in [1.807, 2.05) is 0 Å². The van der Waals surface area contributed by atoms with Crippen LogP contribution in [-0.2, 0) is 6.18 Å². The molecule has 1 fully saturated rings. The zero-order valence-electron chi connectivity index (χ0n) is 8.31. The Balaban J connectivity index is 2.08. The van der Waals surface area contributed by atoms with Crippen LogP contribution in [0.4, 0.5) is 19.0 Å². The quantitative estimate of drug-likeness (QED) is 0.833. The third kappa shape index (κ3) is 2.40. The van der Waals surface area contributed by atoms with Crippen molar-refractivity contribution < 1.29 is 13.2 Å². The van der Waals surface area contributed by atoms with Crippen LogP contribution in [0, 0.1) is 0 Å². The number of alkyl halides is 4. The molecule has 1 heterocycles. The van der Waals surface area contributed by atoms with Crippen molar-refractivity contribution in [2.75, 3.05) is 11.2 Å². The monoisotopic (exact) mass is 250 g/mol. The van der Waals surface area contributed by atoms with Gasteiger partial charge >= 0.3 is 6.18 Å². The Morgan fingerprint density at radius 1 is 1.38 bits per heavy atom. The van der Waals surface area contributed by atoms with E-state index in [9.17, 15) is 13.2 Å². The molecular weight excluding hydrogens is 241 g/mol. The van der Waals surface area contributed by atoms with Gasteiger partial charge in [-0.3, -0.25) is 0 Å². The average Bonchev–Trinajstić information content (AvgIpc) is 2.98. The molecule has 88 valence electrons. The van der Waals surface area contributed by atoms with Gasteiger partial charge in [-0.2, -0.15) is 13.2 Å². The van der Waals surface area contributed by atoms with Crippen LogP contribution in [0.5, 0.6) is 0 Å². The number of nitrogens with zero attached hydrogens (tertiary/aromatic N) is 1. The highest BCUT2D eigenvalue weighted by Crippen LogP contribution is 2.39. The molecule has 2 rings (SSSR count). The lowest BCUT2D eigenvalue weighted by molar-refractivity contribution is -0.137. The second-order valence-electron chi connectivity index (χ2n) is 3.97. The summed E-state index contributed by atoms with van der Waals surface area (Å²) < 4.78 is 36.8. The lowest BCUT2D eigenvalue weighted by Crippen LogP contribution is -2.23. The maximum absolute atomic E-state index is 12.3. The molecule has 0 saturated heterocycles. The molecule has 1 aliphatic rings. The summed E-state index contributed by atoms with van der Waals surface area (Å²) in [7, 11) is 0. The summed E-state index contributed by atoms with van der Waals surface area (Å²) >= 11 is 5.74. The van der Waals surface area contributed by atoms with E-state index < -0.39 is 11.7 Å². The normalized spacial score (nSPS) is 18.2. The van der Waals surface area contributed by atoms with Crippen LogP contribution in [0.1, 0.15) is 18.4 Å². The molecule has 0 atom stereocenters. The maximum Gasteiger partial charge on any atom is 0.417 e. The highest BCUT2D eigenvalue weighted by molar-refractivity contribution is 6.19. The van der Waals surface area contributed by atoms with Crippen molar-refractivity contribution in [2.24, 2.45) is 0 Å². The summed E-state index contributed by atoms with van der Waals surface area (Å²) in [5, 5.41) is 3.05. The fourth-order valence-electron chi connectivity index (χ4n) is 1.35.